The van der Waals surface area contributed by atoms with Crippen LogP contribution in [0.3, 0.4) is 0 Å². The average molecular weight is 239 g/mol. The second-order valence-electron chi connectivity index (χ2n) is 3.16. The van der Waals surface area contributed by atoms with Crippen LogP contribution in [0.15, 0.2) is 30.3 Å². The lowest BCUT2D eigenvalue weighted by Crippen LogP contribution is -2.34. The maximum Gasteiger partial charge on any atom is 0.318 e. The van der Waals surface area contributed by atoms with Crippen molar-refractivity contribution in [1.82, 2.24) is 0 Å². The Kier molecular flexibility index (Phi) is 4.85. The van der Waals surface area contributed by atoms with Crippen LogP contribution in [0.1, 0.15) is 0 Å². The number of carbonyl (C=O) groups is 2. The minimum absolute atomic E-state index is 0.171. The van der Waals surface area contributed by atoms with Crippen molar-refractivity contribution in [2.75, 3.05) is 17.7 Å². The van der Waals surface area contributed by atoms with Gasteiger partial charge in [-0.05, 0) is 18.4 Å². The van der Waals surface area contributed by atoms with Crippen molar-refractivity contribution in [3.63, 3.8) is 0 Å². The third-order valence-corrected chi connectivity index (χ3v) is 3.06. The smallest absolute Gasteiger partial charge is 0.318 e. The molecule has 0 radical (unpaired) electrons. The molecule has 1 unspecified atom stereocenters. The molecule has 1 N–H and O–H groups in total. The summed E-state index contributed by atoms with van der Waals surface area (Å²) in [5, 5.41) is 8.30. The summed E-state index contributed by atoms with van der Waals surface area (Å²) in [4.78, 5) is 23.2. The second kappa shape index (κ2) is 6.17. The van der Waals surface area contributed by atoms with Gasteiger partial charge in [-0.3, -0.25) is 9.59 Å². The van der Waals surface area contributed by atoms with Crippen molar-refractivity contribution in [3.8, 4) is 0 Å². The molecule has 4 nitrogen and oxygen atoms in total. The number of para-hydroxylation sites is 1. The van der Waals surface area contributed by atoms with E-state index in [4.69, 9.17) is 5.11 Å². The molecule has 0 aliphatic carbocycles. The van der Waals surface area contributed by atoms with Gasteiger partial charge in [0.05, 0.1) is 0 Å². The van der Waals surface area contributed by atoms with Gasteiger partial charge in [0.1, 0.15) is 5.25 Å². The van der Waals surface area contributed by atoms with Gasteiger partial charge >= 0.3 is 5.97 Å². The van der Waals surface area contributed by atoms with Crippen molar-refractivity contribution < 1.29 is 14.7 Å². The lowest BCUT2D eigenvalue weighted by Gasteiger charge is -2.20. The molecule has 0 bridgehead atoms. The number of aliphatic carboxylic acids is 1. The summed E-state index contributed by atoms with van der Waals surface area (Å²) >= 11 is 1.22. The summed E-state index contributed by atoms with van der Waals surface area (Å²) in [6.07, 6.45) is 2.37. The molecule has 0 fully saturated rings. The van der Waals surface area contributed by atoms with Gasteiger partial charge in [0.2, 0.25) is 6.41 Å². The predicted molar refractivity (Wildman–Crippen MR) is 64.8 cm³/mol. The molecule has 5 heteroatoms. The van der Waals surface area contributed by atoms with Gasteiger partial charge in [-0.1, -0.05) is 18.2 Å². The van der Waals surface area contributed by atoms with Gasteiger partial charge in [-0.25, -0.2) is 0 Å². The Balaban J connectivity index is 2.76. The highest BCUT2D eigenvalue weighted by Gasteiger charge is 2.19. The Hall–Kier alpha value is -1.49. The molecule has 86 valence electrons. The minimum atomic E-state index is -0.907. The number of carbonyl (C=O) groups excluding carboxylic acids is 1. The van der Waals surface area contributed by atoms with Crippen LogP contribution in [0.2, 0.25) is 0 Å². The molecule has 1 aromatic rings. The molecule has 1 amide bonds. The highest BCUT2D eigenvalue weighted by atomic mass is 32.2. The van der Waals surface area contributed by atoms with E-state index < -0.39 is 11.2 Å². The summed E-state index contributed by atoms with van der Waals surface area (Å²) in [7, 11) is 0. The lowest BCUT2D eigenvalue weighted by atomic mass is 10.3. The third-order valence-electron chi connectivity index (χ3n) is 2.14. The molecule has 0 aliphatic heterocycles. The molecule has 1 atom stereocenters. The topological polar surface area (TPSA) is 57.6 Å². The van der Waals surface area contributed by atoms with Gasteiger partial charge < -0.3 is 10.0 Å². The van der Waals surface area contributed by atoms with Crippen LogP contribution >= 0.6 is 11.8 Å². The molecule has 0 saturated carbocycles. The van der Waals surface area contributed by atoms with Gasteiger partial charge in [-0.2, -0.15) is 0 Å². The predicted octanol–water partition coefficient (Wildman–Crippen LogP) is 1.47. The molecule has 1 rings (SSSR count). The van der Waals surface area contributed by atoms with Gasteiger partial charge in [-0.15, -0.1) is 11.8 Å². The molecule has 16 heavy (non-hydrogen) atoms. The number of hydrogen-bond donors (Lipinski definition) is 1. The first-order valence-corrected chi connectivity index (χ1v) is 6.00. The van der Waals surface area contributed by atoms with E-state index in [1.165, 1.54) is 16.7 Å². The number of anilines is 1. The number of thioether (sulfide) groups is 1. The number of nitrogens with zero attached hydrogens (tertiary/aromatic N) is 1. The standard InChI is InChI=1S/C11H13NO3S/c1-16-10(11(14)15)7-12(8-13)9-5-3-2-4-6-9/h2-6,8,10H,7H2,1H3,(H,14,15). The van der Waals surface area contributed by atoms with Crippen LogP contribution in [0, 0.1) is 0 Å². The molecule has 0 saturated heterocycles. The Bertz CT molecular complexity index is 356. The molecular formula is C11H13NO3S. The second-order valence-corrected chi connectivity index (χ2v) is 4.20. The zero-order valence-corrected chi connectivity index (χ0v) is 9.68. The Labute approximate surface area is 98.3 Å². The molecule has 0 aliphatic rings. The number of carboxylic acid groups (broad SMARTS) is 1. The fourth-order valence-electron chi connectivity index (χ4n) is 1.26. The highest BCUT2D eigenvalue weighted by molar-refractivity contribution is 7.99. The molecule has 1 aromatic carbocycles. The maximum absolute atomic E-state index is 10.9. The molecule has 0 spiro atoms. The van der Waals surface area contributed by atoms with Crippen LogP contribution in [-0.2, 0) is 9.59 Å². The summed E-state index contributed by atoms with van der Waals surface area (Å²) in [6, 6.07) is 9.00. The summed E-state index contributed by atoms with van der Waals surface area (Å²) in [6.45, 7) is 0.171. The SMILES string of the molecule is CSC(CN(C=O)c1ccccc1)C(=O)O. The summed E-state index contributed by atoms with van der Waals surface area (Å²) < 4.78 is 0. The van der Waals surface area contributed by atoms with E-state index in [2.05, 4.69) is 0 Å². The number of benzene rings is 1. The van der Waals surface area contributed by atoms with Gasteiger partial charge in [0.25, 0.3) is 0 Å². The van der Waals surface area contributed by atoms with Crippen LogP contribution in [0.5, 0.6) is 0 Å². The fraction of sp³-hybridized carbons (Fsp3) is 0.273. The molecule has 0 aromatic heterocycles. The number of carboxylic acids is 1. The van der Waals surface area contributed by atoms with Gasteiger partial charge in [0.15, 0.2) is 0 Å². The van der Waals surface area contributed by atoms with E-state index in [1.54, 1.807) is 30.5 Å². The number of hydrogen-bond acceptors (Lipinski definition) is 3. The normalized spacial score (nSPS) is 11.8. The van der Waals surface area contributed by atoms with E-state index in [9.17, 15) is 9.59 Å². The van der Waals surface area contributed by atoms with Crippen LogP contribution in [0.4, 0.5) is 5.69 Å². The maximum atomic E-state index is 10.9. The lowest BCUT2D eigenvalue weighted by molar-refractivity contribution is -0.136. The minimum Gasteiger partial charge on any atom is -0.480 e. The Morgan fingerprint density at radius 1 is 1.50 bits per heavy atom. The highest BCUT2D eigenvalue weighted by Crippen LogP contribution is 2.15. The Morgan fingerprint density at radius 3 is 2.56 bits per heavy atom. The number of rotatable bonds is 6. The molecular weight excluding hydrogens is 226 g/mol. The Morgan fingerprint density at radius 2 is 2.12 bits per heavy atom. The quantitative estimate of drug-likeness (QED) is 0.764. The van der Waals surface area contributed by atoms with E-state index in [0.29, 0.717) is 12.1 Å². The number of amides is 1. The van der Waals surface area contributed by atoms with Crippen molar-refractivity contribution in [3.05, 3.63) is 30.3 Å². The largest absolute Gasteiger partial charge is 0.480 e. The van der Waals surface area contributed by atoms with E-state index in [0.717, 1.165) is 0 Å². The van der Waals surface area contributed by atoms with Crippen molar-refractivity contribution in [1.29, 1.82) is 0 Å². The van der Waals surface area contributed by atoms with Crippen molar-refractivity contribution in [2.45, 2.75) is 5.25 Å². The van der Waals surface area contributed by atoms with E-state index >= 15 is 0 Å². The van der Waals surface area contributed by atoms with Gasteiger partial charge in [0, 0.05) is 12.2 Å². The van der Waals surface area contributed by atoms with Crippen LogP contribution in [0.25, 0.3) is 0 Å². The first-order chi connectivity index (χ1) is 7.69. The zero-order chi connectivity index (χ0) is 12.0. The molecule has 0 heterocycles. The fourth-order valence-corrected chi connectivity index (χ4v) is 1.77. The zero-order valence-electron chi connectivity index (χ0n) is 8.87. The third kappa shape index (κ3) is 3.27. The van der Waals surface area contributed by atoms with Crippen LogP contribution < -0.4 is 4.90 Å². The first-order valence-electron chi connectivity index (χ1n) is 4.71. The summed E-state index contributed by atoms with van der Waals surface area (Å²) in [5.41, 5.74) is 0.706. The van der Waals surface area contributed by atoms with E-state index in [1.807, 2.05) is 6.07 Å². The average Bonchev–Trinajstić information content (AvgIpc) is 2.31. The van der Waals surface area contributed by atoms with E-state index in [-0.39, 0.29) is 6.54 Å². The van der Waals surface area contributed by atoms with Crippen LogP contribution in [-0.4, -0.2) is 35.5 Å². The van der Waals surface area contributed by atoms with Crippen molar-refractivity contribution >= 4 is 29.8 Å². The summed E-state index contributed by atoms with van der Waals surface area (Å²) in [5.74, 6) is -0.907. The van der Waals surface area contributed by atoms with Crippen molar-refractivity contribution in [2.24, 2.45) is 0 Å². The first kappa shape index (κ1) is 12.6. The monoisotopic (exact) mass is 239 g/mol.